The van der Waals surface area contributed by atoms with E-state index in [-0.39, 0.29) is 5.92 Å². The van der Waals surface area contributed by atoms with Crippen LogP contribution >= 0.6 is 11.6 Å². The maximum absolute atomic E-state index is 10.5. The molecule has 0 aliphatic rings. The van der Waals surface area contributed by atoms with Crippen LogP contribution in [0.25, 0.3) is 0 Å². The van der Waals surface area contributed by atoms with Gasteiger partial charge in [-0.15, -0.1) is 0 Å². The van der Waals surface area contributed by atoms with Crippen LogP contribution in [0.1, 0.15) is 18.4 Å². The van der Waals surface area contributed by atoms with Crippen molar-refractivity contribution in [2.24, 2.45) is 0 Å². The molecule has 12 heavy (non-hydrogen) atoms. The van der Waals surface area contributed by atoms with Gasteiger partial charge in [0.2, 0.25) is 0 Å². The minimum atomic E-state index is -0.165. The molecule has 0 aliphatic carbocycles. The van der Waals surface area contributed by atoms with E-state index in [0.717, 1.165) is 11.8 Å². The van der Waals surface area contributed by atoms with Crippen molar-refractivity contribution in [3.8, 4) is 0 Å². The topological polar surface area (TPSA) is 43.1 Å². The molecule has 0 aliphatic heterocycles. The molecule has 1 atom stereocenters. The van der Waals surface area contributed by atoms with Gasteiger partial charge in [-0.2, -0.15) is 0 Å². The number of benzene rings is 1. The van der Waals surface area contributed by atoms with E-state index in [9.17, 15) is 4.79 Å². The number of carbonyl (C=O) groups excluding carboxylic acids is 1. The number of carbonyl (C=O) groups is 1. The average Bonchev–Trinajstić information content (AvgIpc) is 2.03. The first kappa shape index (κ1) is 9.07. The zero-order chi connectivity index (χ0) is 9.14. The lowest BCUT2D eigenvalue weighted by Crippen LogP contribution is -1.99. The zero-order valence-electron chi connectivity index (χ0n) is 6.75. The normalized spacial score (nSPS) is 12.5. The van der Waals surface area contributed by atoms with Gasteiger partial charge in [0.05, 0.1) is 0 Å². The summed E-state index contributed by atoms with van der Waals surface area (Å²) in [4.78, 5) is 10.5. The summed E-state index contributed by atoms with van der Waals surface area (Å²) < 4.78 is 0. The Morgan fingerprint density at radius 1 is 1.58 bits per heavy atom. The molecule has 0 saturated heterocycles. The predicted octanol–water partition coefficient (Wildman–Crippen LogP) is 2.22. The molecule has 1 rings (SSSR count). The van der Waals surface area contributed by atoms with Gasteiger partial charge in [0.1, 0.15) is 6.29 Å². The second-order valence-electron chi connectivity index (χ2n) is 2.70. The third-order valence-corrected chi connectivity index (χ3v) is 1.98. The van der Waals surface area contributed by atoms with E-state index in [1.54, 1.807) is 25.1 Å². The van der Waals surface area contributed by atoms with Crippen molar-refractivity contribution < 1.29 is 4.79 Å². The molecule has 2 N–H and O–H groups in total. The van der Waals surface area contributed by atoms with E-state index in [0.29, 0.717) is 10.7 Å². The highest BCUT2D eigenvalue weighted by Crippen LogP contribution is 2.23. The van der Waals surface area contributed by atoms with E-state index in [1.807, 2.05) is 0 Å². The number of nitrogen functional groups attached to an aromatic ring is 1. The Morgan fingerprint density at radius 3 is 2.75 bits per heavy atom. The molecule has 2 nitrogen and oxygen atoms in total. The van der Waals surface area contributed by atoms with Crippen molar-refractivity contribution in [2.45, 2.75) is 12.8 Å². The van der Waals surface area contributed by atoms with Crippen LogP contribution in [0.3, 0.4) is 0 Å². The van der Waals surface area contributed by atoms with Crippen molar-refractivity contribution in [3.63, 3.8) is 0 Å². The van der Waals surface area contributed by atoms with Gasteiger partial charge in [-0.05, 0) is 17.7 Å². The molecule has 0 spiro atoms. The SMILES string of the molecule is CC(C=O)c1ccc(Cl)cc1N. The summed E-state index contributed by atoms with van der Waals surface area (Å²) in [5, 5.41) is 0.592. The molecule has 1 aromatic rings. The van der Waals surface area contributed by atoms with Crippen LogP contribution in [0.2, 0.25) is 5.02 Å². The summed E-state index contributed by atoms with van der Waals surface area (Å²) in [5.41, 5.74) is 7.05. The van der Waals surface area contributed by atoms with Crippen LogP contribution in [-0.4, -0.2) is 6.29 Å². The Labute approximate surface area is 76.3 Å². The van der Waals surface area contributed by atoms with Gasteiger partial charge in [-0.3, -0.25) is 0 Å². The van der Waals surface area contributed by atoms with Gasteiger partial charge in [0.15, 0.2) is 0 Å². The van der Waals surface area contributed by atoms with Crippen molar-refractivity contribution >= 4 is 23.6 Å². The highest BCUT2D eigenvalue weighted by Gasteiger charge is 2.07. The van der Waals surface area contributed by atoms with Gasteiger partial charge in [-0.25, -0.2) is 0 Å². The quantitative estimate of drug-likeness (QED) is 0.565. The summed E-state index contributed by atoms with van der Waals surface area (Å²) in [6, 6.07) is 5.15. The van der Waals surface area contributed by atoms with Gasteiger partial charge in [-0.1, -0.05) is 24.6 Å². The third-order valence-electron chi connectivity index (χ3n) is 1.74. The number of nitrogens with two attached hydrogens (primary N) is 1. The number of aldehydes is 1. The molecule has 0 aromatic heterocycles. The Morgan fingerprint density at radius 2 is 2.25 bits per heavy atom. The summed E-state index contributed by atoms with van der Waals surface area (Å²) in [6.07, 6.45) is 0.861. The summed E-state index contributed by atoms with van der Waals surface area (Å²) in [6.45, 7) is 1.80. The summed E-state index contributed by atoms with van der Waals surface area (Å²) in [7, 11) is 0. The van der Waals surface area contributed by atoms with Gasteiger partial charge >= 0.3 is 0 Å². The van der Waals surface area contributed by atoms with Crippen LogP contribution in [0.5, 0.6) is 0 Å². The van der Waals surface area contributed by atoms with Crippen LogP contribution in [0.4, 0.5) is 5.69 Å². The highest BCUT2D eigenvalue weighted by molar-refractivity contribution is 6.30. The number of halogens is 1. The molecular formula is C9H10ClNO. The zero-order valence-corrected chi connectivity index (χ0v) is 7.51. The smallest absolute Gasteiger partial charge is 0.127 e. The summed E-state index contributed by atoms with van der Waals surface area (Å²) >= 11 is 5.70. The molecular weight excluding hydrogens is 174 g/mol. The van der Waals surface area contributed by atoms with E-state index in [1.165, 1.54) is 0 Å². The van der Waals surface area contributed by atoms with Crippen LogP contribution < -0.4 is 5.73 Å². The lowest BCUT2D eigenvalue weighted by atomic mass is 10.0. The Balaban J connectivity index is 3.09. The number of hydrogen-bond donors (Lipinski definition) is 1. The third kappa shape index (κ3) is 1.77. The molecule has 64 valence electrons. The van der Waals surface area contributed by atoms with E-state index < -0.39 is 0 Å². The average molecular weight is 184 g/mol. The molecule has 1 aromatic carbocycles. The lowest BCUT2D eigenvalue weighted by molar-refractivity contribution is -0.108. The molecule has 0 fully saturated rings. The lowest BCUT2D eigenvalue weighted by Gasteiger charge is -2.07. The first-order valence-corrected chi connectivity index (χ1v) is 4.03. The first-order valence-electron chi connectivity index (χ1n) is 3.65. The maximum Gasteiger partial charge on any atom is 0.127 e. The van der Waals surface area contributed by atoms with Crippen LogP contribution in [-0.2, 0) is 4.79 Å². The Hall–Kier alpha value is -1.02. The molecule has 0 amide bonds. The maximum atomic E-state index is 10.5. The molecule has 0 bridgehead atoms. The van der Waals surface area contributed by atoms with Crippen LogP contribution in [0.15, 0.2) is 18.2 Å². The van der Waals surface area contributed by atoms with Crippen LogP contribution in [0, 0.1) is 0 Å². The fourth-order valence-electron chi connectivity index (χ4n) is 1.03. The standard InChI is InChI=1S/C9H10ClNO/c1-6(5-12)8-3-2-7(10)4-9(8)11/h2-6H,11H2,1H3. The Bertz CT molecular complexity index is 299. The minimum Gasteiger partial charge on any atom is -0.398 e. The van der Waals surface area contributed by atoms with Gasteiger partial charge in [0.25, 0.3) is 0 Å². The van der Waals surface area contributed by atoms with E-state index in [4.69, 9.17) is 17.3 Å². The molecule has 0 heterocycles. The van der Waals surface area contributed by atoms with Crippen molar-refractivity contribution in [2.75, 3.05) is 5.73 Å². The summed E-state index contributed by atoms with van der Waals surface area (Å²) in [5.74, 6) is -0.165. The molecule has 0 saturated carbocycles. The number of rotatable bonds is 2. The van der Waals surface area contributed by atoms with Crippen molar-refractivity contribution in [1.29, 1.82) is 0 Å². The van der Waals surface area contributed by atoms with Gasteiger partial charge < -0.3 is 10.5 Å². The molecule has 1 unspecified atom stereocenters. The highest BCUT2D eigenvalue weighted by atomic mass is 35.5. The molecule has 0 radical (unpaired) electrons. The predicted molar refractivity (Wildman–Crippen MR) is 50.3 cm³/mol. The Kier molecular flexibility index (Phi) is 2.71. The fraction of sp³-hybridized carbons (Fsp3) is 0.222. The second kappa shape index (κ2) is 3.59. The minimum absolute atomic E-state index is 0.165. The van der Waals surface area contributed by atoms with E-state index >= 15 is 0 Å². The molecule has 3 heteroatoms. The first-order chi connectivity index (χ1) is 5.65. The largest absolute Gasteiger partial charge is 0.398 e. The van der Waals surface area contributed by atoms with E-state index in [2.05, 4.69) is 0 Å². The number of anilines is 1. The fourth-order valence-corrected chi connectivity index (χ4v) is 1.21. The van der Waals surface area contributed by atoms with Gasteiger partial charge in [0, 0.05) is 16.6 Å². The monoisotopic (exact) mass is 183 g/mol. The second-order valence-corrected chi connectivity index (χ2v) is 3.13. The van der Waals surface area contributed by atoms with Crippen molar-refractivity contribution in [1.82, 2.24) is 0 Å². The number of hydrogen-bond acceptors (Lipinski definition) is 2. The van der Waals surface area contributed by atoms with Crippen molar-refractivity contribution in [3.05, 3.63) is 28.8 Å².